The molecule has 0 atom stereocenters. The van der Waals surface area contributed by atoms with Crippen molar-refractivity contribution in [2.24, 2.45) is 5.92 Å². The maximum Gasteiger partial charge on any atom is 0.317 e. The van der Waals surface area contributed by atoms with Crippen LogP contribution in [0.3, 0.4) is 0 Å². The zero-order chi connectivity index (χ0) is 18.8. The van der Waals surface area contributed by atoms with Crippen LogP contribution in [0.25, 0.3) is 0 Å². The Kier molecular flexibility index (Phi) is 16.2. The van der Waals surface area contributed by atoms with E-state index in [4.69, 9.17) is 10.2 Å². The van der Waals surface area contributed by atoms with E-state index in [2.05, 4.69) is 31.2 Å². The molecular formula is C21H36O4. The van der Waals surface area contributed by atoms with Crippen LogP contribution in [-0.4, -0.2) is 22.2 Å². The molecule has 4 nitrogen and oxygen atoms in total. The molecule has 0 saturated heterocycles. The van der Waals surface area contributed by atoms with E-state index < -0.39 is 17.9 Å². The van der Waals surface area contributed by atoms with Gasteiger partial charge in [-0.1, -0.05) is 76.2 Å². The predicted molar refractivity (Wildman–Crippen MR) is 103 cm³/mol. The number of carboxylic acid groups (broad SMARTS) is 2. The fourth-order valence-corrected chi connectivity index (χ4v) is 2.69. The van der Waals surface area contributed by atoms with Gasteiger partial charge >= 0.3 is 11.9 Å². The first kappa shape index (κ1) is 23.4. The van der Waals surface area contributed by atoms with Gasteiger partial charge in [-0.2, -0.15) is 0 Å². The summed E-state index contributed by atoms with van der Waals surface area (Å²) in [5, 5.41) is 17.6. The van der Waals surface area contributed by atoms with Crippen LogP contribution >= 0.6 is 0 Å². The normalized spacial score (nSPS) is 11.8. The standard InChI is InChI=1S/C21H36O4/c1-2-3-4-5-6-7-8-9-10-11-12-13-14-15-16-17-18-19(20(22)23)21(24)25/h6-7,9-10,19H,2-5,8,11-18H2,1H3,(H,22,23)(H,24,25)/b7-6-,10-9-. The third-order valence-electron chi connectivity index (χ3n) is 4.29. The highest BCUT2D eigenvalue weighted by Crippen LogP contribution is 2.13. The maximum atomic E-state index is 10.7. The molecule has 144 valence electrons. The van der Waals surface area contributed by atoms with Gasteiger partial charge in [0.15, 0.2) is 5.92 Å². The highest BCUT2D eigenvalue weighted by molar-refractivity contribution is 5.92. The van der Waals surface area contributed by atoms with Crippen molar-refractivity contribution in [3.63, 3.8) is 0 Å². The highest BCUT2D eigenvalue weighted by atomic mass is 16.4. The van der Waals surface area contributed by atoms with Crippen LogP contribution in [0.4, 0.5) is 0 Å². The molecule has 25 heavy (non-hydrogen) atoms. The average molecular weight is 353 g/mol. The third-order valence-corrected chi connectivity index (χ3v) is 4.29. The maximum absolute atomic E-state index is 10.7. The summed E-state index contributed by atoms with van der Waals surface area (Å²) in [4.78, 5) is 21.5. The summed E-state index contributed by atoms with van der Waals surface area (Å²) in [7, 11) is 0. The van der Waals surface area contributed by atoms with Crippen molar-refractivity contribution in [1.82, 2.24) is 0 Å². The van der Waals surface area contributed by atoms with E-state index in [-0.39, 0.29) is 6.42 Å². The first-order chi connectivity index (χ1) is 12.1. The molecule has 0 aromatic carbocycles. The minimum Gasteiger partial charge on any atom is -0.481 e. The van der Waals surface area contributed by atoms with Crippen LogP contribution in [-0.2, 0) is 9.59 Å². The minimum atomic E-state index is -1.24. The van der Waals surface area contributed by atoms with Crippen molar-refractivity contribution in [3.8, 4) is 0 Å². The fourth-order valence-electron chi connectivity index (χ4n) is 2.69. The molecule has 4 heteroatoms. The van der Waals surface area contributed by atoms with E-state index in [9.17, 15) is 9.59 Å². The number of carboxylic acids is 2. The summed E-state index contributed by atoms with van der Waals surface area (Å²) < 4.78 is 0. The zero-order valence-electron chi connectivity index (χ0n) is 15.8. The topological polar surface area (TPSA) is 74.6 Å². The summed E-state index contributed by atoms with van der Waals surface area (Å²) in [6.07, 6.45) is 22.6. The number of hydrogen-bond acceptors (Lipinski definition) is 2. The number of allylic oxidation sites excluding steroid dienone is 4. The van der Waals surface area contributed by atoms with Gasteiger partial charge in [-0.25, -0.2) is 0 Å². The van der Waals surface area contributed by atoms with Crippen molar-refractivity contribution in [1.29, 1.82) is 0 Å². The molecule has 0 heterocycles. The molecule has 0 radical (unpaired) electrons. The van der Waals surface area contributed by atoms with Gasteiger partial charge < -0.3 is 10.2 Å². The van der Waals surface area contributed by atoms with Crippen LogP contribution in [0.15, 0.2) is 24.3 Å². The van der Waals surface area contributed by atoms with E-state index >= 15 is 0 Å². The second kappa shape index (κ2) is 17.2. The quantitative estimate of drug-likeness (QED) is 0.192. The third kappa shape index (κ3) is 15.7. The molecule has 0 spiro atoms. The molecule has 0 bridgehead atoms. The monoisotopic (exact) mass is 352 g/mol. The van der Waals surface area contributed by atoms with Gasteiger partial charge in [-0.05, 0) is 38.5 Å². The van der Waals surface area contributed by atoms with E-state index in [0.717, 1.165) is 32.1 Å². The molecule has 0 aromatic rings. The number of carbonyl (C=O) groups is 2. The lowest BCUT2D eigenvalue weighted by atomic mass is 10.0. The van der Waals surface area contributed by atoms with Crippen LogP contribution in [0, 0.1) is 5.92 Å². The summed E-state index contributed by atoms with van der Waals surface area (Å²) >= 11 is 0. The largest absolute Gasteiger partial charge is 0.481 e. The Morgan fingerprint density at radius 1 is 0.720 bits per heavy atom. The minimum absolute atomic E-state index is 0.235. The summed E-state index contributed by atoms with van der Waals surface area (Å²) in [6, 6.07) is 0. The smallest absolute Gasteiger partial charge is 0.317 e. The highest BCUT2D eigenvalue weighted by Gasteiger charge is 2.24. The Bertz CT molecular complexity index is 385. The molecule has 0 unspecified atom stereocenters. The number of rotatable bonds is 17. The predicted octanol–water partition coefficient (Wildman–Crippen LogP) is 5.98. The van der Waals surface area contributed by atoms with Crippen molar-refractivity contribution in [3.05, 3.63) is 24.3 Å². The van der Waals surface area contributed by atoms with Crippen molar-refractivity contribution in [2.75, 3.05) is 0 Å². The molecule has 0 aliphatic rings. The summed E-state index contributed by atoms with van der Waals surface area (Å²) in [5.41, 5.74) is 0. The lowest BCUT2D eigenvalue weighted by Crippen LogP contribution is -2.23. The van der Waals surface area contributed by atoms with Gasteiger partial charge in [-0.3, -0.25) is 9.59 Å². The van der Waals surface area contributed by atoms with Crippen molar-refractivity contribution >= 4 is 11.9 Å². The zero-order valence-corrected chi connectivity index (χ0v) is 15.8. The number of hydrogen-bond donors (Lipinski definition) is 2. The second-order valence-corrected chi connectivity index (χ2v) is 6.60. The van der Waals surface area contributed by atoms with Crippen LogP contribution in [0.1, 0.15) is 90.4 Å². The lowest BCUT2D eigenvalue weighted by molar-refractivity contribution is -0.154. The molecule has 0 aliphatic carbocycles. The van der Waals surface area contributed by atoms with Gasteiger partial charge in [0, 0.05) is 0 Å². The van der Waals surface area contributed by atoms with Crippen LogP contribution in [0.2, 0.25) is 0 Å². The van der Waals surface area contributed by atoms with Gasteiger partial charge in [0.25, 0.3) is 0 Å². The second-order valence-electron chi connectivity index (χ2n) is 6.60. The fraction of sp³-hybridized carbons (Fsp3) is 0.714. The first-order valence-electron chi connectivity index (χ1n) is 9.85. The Hall–Kier alpha value is -1.58. The SMILES string of the molecule is CCCCC/C=C\C/C=C\CCCCCCCCC(C(=O)O)C(=O)O. The Labute approximate surface area is 153 Å². The number of aliphatic carboxylic acids is 2. The van der Waals surface area contributed by atoms with Gasteiger partial charge in [-0.15, -0.1) is 0 Å². The molecule has 0 saturated carbocycles. The lowest BCUT2D eigenvalue weighted by Gasteiger charge is -2.06. The van der Waals surface area contributed by atoms with E-state index in [1.165, 1.54) is 38.5 Å². The van der Waals surface area contributed by atoms with Crippen molar-refractivity contribution in [2.45, 2.75) is 90.4 Å². The Morgan fingerprint density at radius 2 is 1.20 bits per heavy atom. The van der Waals surface area contributed by atoms with Gasteiger partial charge in [0.1, 0.15) is 0 Å². The van der Waals surface area contributed by atoms with Crippen molar-refractivity contribution < 1.29 is 19.8 Å². The van der Waals surface area contributed by atoms with E-state index in [0.29, 0.717) is 6.42 Å². The molecule has 0 fully saturated rings. The number of unbranched alkanes of at least 4 members (excludes halogenated alkanes) is 9. The average Bonchev–Trinajstić information content (AvgIpc) is 2.57. The summed E-state index contributed by atoms with van der Waals surface area (Å²) in [5.74, 6) is -3.70. The molecule has 2 N–H and O–H groups in total. The molecule has 0 amide bonds. The Morgan fingerprint density at radius 3 is 1.72 bits per heavy atom. The molecular weight excluding hydrogens is 316 g/mol. The van der Waals surface area contributed by atoms with Gasteiger partial charge in [0.05, 0.1) is 0 Å². The van der Waals surface area contributed by atoms with Gasteiger partial charge in [0.2, 0.25) is 0 Å². The van der Waals surface area contributed by atoms with E-state index in [1.807, 2.05) is 0 Å². The molecule has 0 rings (SSSR count). The van der Waals surface area contributed by atoms with Crippen LogP contribution in [0.5, 0.6) is 0 Å². The first-order valence-corrected chi connectivity index (χ1v) is 9.85. The van der Waals surface area contributed by atoms with Crippen LogP contribution < -0.4 is 0 Å². The Balaban J connectivity index is 3.40. The van der Waals surface area contributed by atoms with E-state index in [1.54, 1.807) is 0 Å². The molecule has 0 aromatic heterocycles. The summed E-state index contributed by atoms with van der Waals surface area (Å²) in [6.45, 7) is 2.22. The molecule has 0 aliphatic heterocycles.